The van der Waals surface area contributed by atoms with Crippen LogP contribution in [0.2, 0.25) is 0 Å². The highest BCUT2D eigenvalue weighted by Gasteiger charge is 2.18. The lowest BCUT2D eigenvalue weighted by Gasteiger charge is -2.12. The van der Waals surface area contributed by atoms with Crippen molar-refractivity contribution in [1.29, 1.82) is 0 Å². The molecule has 1 aromatic heterocycles. The Kier molecular flexibility index (Phi) is 4.79. The largest absolute Gasteiger partial charge is 0.380 e. The van der Waals surface area contributed by atoms with Gasteiger partial charge in [0.1, 0.15) is 16.9 Å². The van der Waals surface area contributed by atoms with Gasteiger partial charge in [-0.2, -0.15) is 0 Å². The molecule has 3 aromatic rings. The van der Waals surface area contributed by atoms with Crippen molar-refractivity contribution in [3.63, 3.8) is 0 Å². The Balaban J connectivity index is 1.92. The second-order valence-electron chi connectivity index (χ2n) is 6.21. The smallest absolute Gasteiger partial charge is 0.270 e. The summed E-state index contributed by atoms with van der Waals surface area (Å²) in [6.45, 7) is 3.97. The molecule has 0 saturated heterocycles. The van der Waals surface area contributed by atoms with E-state index >= 15 is 0 Å². The average Bonchev–Trinajstić information content (AvgIpc) is 2.58. The van der Waals surface area contributed by atoms with E-state index in [4.69, 9.17) is 0 Å². The Labute approximate surface area is 143 Å². The van der Waals surface area contributed by atoms with Crippen molar-refractivity contribution < 1.29 is 8.78 Å². The zero-order valence-electron chi connectivity index (χ0n) is 14.1. The predicted molar refractivity (Wildman–Crippen MR) is 95.0 cm³/mol. The molecule has 0 aliphatic carbocycles. The first-order chi connectivity index (χ1) is 12.0. The molecule has 0 radical (unpaired) electrons. The minimum atomic E-state index is -0.791. The van der Waals surface area contributed by atoms with Gasteiger partial charge in [0.25, 0.3) is 5.56 Å². The number of nitrogens with one attached hydrogen (secondary N) is 2. The Morgan fingerprint density at radius 3 is 2.60 bits per heavy atom. The first-order valence-corrected chi connectivity index (χ1v) is 8.17. The van der Waals surface area contributed by atoms with E-state index in [1.165, 1.54) is 0 Å². The number of halogens is 2. The van der Waals surface area contributed by atoms with E-state index < -0.39 is 17.2 Å². The summed E-state index contributed by atoms with van der Waals surface area (Å²) < 4.78 is 29.0. The van der Waals surface area contributed by atoms with Crippen LogP contribution in [-0.2, 0) is 6.42 Å². The summed E-state index contributed by atoms with van der Waals surface area (Å²) >= 11 is 0. The Bertz CT molecular complexity index is 952. The van der Waals surface area contributed by atoms with E-state index in [1.54, 1.807) is 13.8 Å². The molecular formula is C19H19F2N3O. The molecule has 0 spiro atoms. The molecule has 0 bridgehead atoms. The number of anilines is 1. The highest BCUT2D eigenvalue weighted by atomic mass is 19.1. The summed E-state index contributed by atoms with van der Waals surface area (Å²) in [6.07, 6.45) is 0.633. The van der Waals surface area contributed by atoms with Crippen LogP contribution in [0, 0.1) is 11.6 Å². The molecule has 0 atom stereocenters. The van der Waals surface area contributed by atoms with Gasteiger partial charge >= 0.3 is 0 Å². The third-order valence-corrected chi connectivity index (χ3v) is 4.01. The lowest BCUT2D eigenvalue weighted by Crippen LogP contribution is -2.18. The molecule has 0 aliphatic rings. The van der Waals surface area contributed by atoms with Gasteiger partial charge in [-0.3, -0.25) is 4.79 Å². The molecule has 0 aliphatic heterocycles. The minimum absolute atomic E-state index is 0.0353. The predicted octanol–water partition coefficient (Wildman–Crippen LogP) is 3.98. The van der Waals surface area contributed by atoms with Gasteiger partial charge in [-0.05, 0) is 12.0 Å². The normalized spacial score (nSPS) is 11.2. The van der Waals surface area contributed by atoms with Crippen LogP contribution < -0.4 is 10.9 Å². The number of H-pyrrole nitrogens is 1. The van der Waals surface area contributed by atoms with Crippen LogP contribution in [0.25, 0.3) is 11.0 Å². The molecule has 0 saturated carbocycles. The summed E-state index contributed by atoms with van der Waals surface area (Å²) in [5.74, 6) is -1.71. The molecule has 0 fully saturated rings. The van der Waals surface area contributed by atoms with Crippen LogP contribution in [0.15, 0.2) is 41.2 Å². The Morgan fingerprint density at radius 2 is 1.92 bits per heavy atom. The van der Waals surface area contributed by atoms with Crippen LogP contribution in [-0.4, -0.2) is 16.5 Å². The Hall–Kier alpha value is -2.76. The fraction of sp³-hybridized carbons (Fsp3) is 0.263. The zero-order valence-corrected chi connectivity index (χ0v) is 14.1. The number of nitrogens with zero attached hydrogens (tertiary/aromatic N) is 1. The zero-order chi connectivity index (χ0) is 18.0. The molecule has 4 nitrogen and oxygen atoms in total. The third-order valence-electron chi connectivity index (χ3n) is 4.01. The van der Waals surface area contributed by atoms with E-state index in [1.807, 2.05) is 30.3 Å². The van der Waals surface area contributed by atoms with Crippen molar-refractivity contribution in [2.75, 3.05) is 11.9 Å². The van der Waals surface area contributed by atoms with Gasteiger partial charge in [0.15, 0.2) is 11.6 Å². The number of hydrogen-bond acceptors (Lipinski definition) is 3. The van der Waals surface area contributed by atoms with E-state index in [9.17, 15) is 13.6 Å². The van der Waals surface area contributed by atoms with Crippen molar-refractivity contribution in [3.05, 3.63) is 69.6 Å². The molecule has 25 heavy (non-hydrogen) atoms. The SMILES string of the molecule is CC(C)c1nc2c(F)c(NCCc3ccccc3)c(F)cc2[nH]c1=O. The fourth-order valence-corrected chi connectivity index (χ4v) is 2.70. The molecule has 0 unspecified atom stereocenters. The van der Waals surface area contributed by atoms with Crippen LogP contribution in [0.4, 0.5) is 14.5 Å². The van der Waals surface area contributed by atoms with Gasteiger partial charge in [-0.1, -0.05) is 44.2 Å². The van der Waals surface area contributed by atoms with Crippen molar-refractivity contribution in [2.24, 2.45) is 0 Å². The van der Waals surface area contributed by atoms with Crippen LogP contribution in [0.1, 0.15) is 31.0 Å². The number of fused-ring (bicyclic) bond motifs is 1. The summed E-state index contributed by atoms with van der Waals surface area (Å²) in [6, 6.07) is 10.8. The van der Waals surface area contributed by atoms with Gasteiger partial charge in [-0.15, -0.1) is 0 Å². The van der Waals surface area contributed by atoms with Crippen molar-refractivity contribution in [1.82, 2.24) is 9.97 Å². The van der Waals surface area contributed by atoms with Gasteiger partial charge in [0.2, 0.25) is 0 Å². The van der Waals surface area contributed by atoms with Crippen LogP contribution >= 0.6 is 0 Å². The first kappa shape index (κ1) is 17.1. The van der Waals surface area contributed by atoms with E-state index in [0.29, 0.717) is 13.0 Å². The molecule has 3 rings (SSSR count). The van der Waals surface area contributed by atoms with Gasteiger partial charge in [0.05, 0.1) is 5.52 Å². The monoisotopic (exact) mass is 343 g/mol. The molecule has 0 amide bonds. The van der Waals surface area contributed by atoms with Gasteiger partial charge < -0.3 is 10.3 Å². The number of aromatic amines is 1. The van der Waals surface area contributed by atoms with Crippen LogP contribution in [0.5, 0.6) is 0 Å². The summed E-state index contributed by atoms with van der Waals surface area (Å²) in [5, 5.41) is 2.80. The number of hydrogen-bond donors (Lipinski definition) is 2. The van der Waals surface area contributed by atoms with Crippen LogP contribution in [0.3, 0.4) is 0 Å². The highest BCUT2D eigenvalue weighted by molar-refractivity contribution is 5.80. The maximum atomic E-state index is 14.7. The lowest BCUT2D eigenvalue weighted by atomic mass is 10.1. The maximum absolute atomic E-state index is 14.7. The summed E-state index contributed by atoms with van der Waals surface area (Å²) in [4.78, 5) is 18.6. The number of rotatable bonds is 5. The third kappa shape index (κ3) is 3.52. The molecular weight excluding hydrogens is 324 g/mol. The van der Waals surface area contributed by atoms with E-state index in [0.717, 1.165) is 11.6 Å². The lowest BCUT2D eigenvalue weighted by molar-refractivity contribution is 0.593. The van der Waals surface area contributed by atoms with Gasteiger partial charge in [-0.25, -0.2) is 13.8 Å². The van der Waals surface area contributed by atoms with Crippen molar-refractivity contribution in [3.8, 4) is 0 Å². The van der Waals surface area contributed by atoms with E-state index in [-0.39, 0.29) is 28.3 Å². The molecule has 1 heterocycles. The quantitative estimate of drug-likeness (QED) is 0.737. The summed E-state index contributed by atoms with van der Waals surface area (Å²) in [5.41, 5.74) is 0.670. The average molecular weight is 343 g/mol. The second-order valence-corrected chi connectivity index (χ2v) is 6.21. The summed E-state index contributed by atoms with van der Waals surface area (Å²) in [7, 11) is 0. The molecule has 2 aromatic carbocycles. The van der Waals surface area contributed by atoms with Gasteiger partial charge in [0, 0.05) is 18.5 Å². The van der Waals surface area contributed by atoms with E-state index in [2.05, 4.69) is 15.3 Å². The molecule has 6 heteroatoms. The second kappa shape index (κ2) is 7.01. The molecule has 2 N–H and O–H groups in total. The topological polar surface area (TPSA) is 57.8 Å². The Morgan fingerprint density at radius 1 is 1.20 bits per heavy atom. The standard InChI is InChI=1S/C19H19F2N3O/c1-11(2)16-19(25)23-14-10-13(20)17(15(21)18(14)24-16)22-9-8-12-6-4-3-5-7-12/h3-7,10-11,22H,8-9H2,1-2H3,(H,23,25). The highest BCUT2D eigenvalue weighted by Crippen LogP contribution is 2.26. The maximum Gasteiger partial charge on any atom is 0.270 e. The number of benzene rings is 2. The van der Waals surface area contributed by atoms with Crippen molar-refractivity contribution in [2.45, 2.75) is 26.2 Å². The number of aromatic nitrogens is 2. The first-order valence-electron chi connectivity index (χ1n) is 8.17. The minimum Gasteiger partial charge on any atom is -0.380 e. The van der Waals surface area contributed by atoms with Crippen molar-refractivity contribution >= 4 is 16.7 Å². The fourth-order valence-electron chi connectivity index (χ4n) is 2.70. The molecule has 130 valence electrons.